The Hall–Kier alpha value is -6.49. The van der Waals surface area contributed by atoms with Gasteiger partial charge in [-0.15, -0.1) is 0 Å². The van der Waals surface area contributed by atoms with Crippen LogP contribution in [0.15, 0.2) is 119 Å². The van der Waals surface area contributed by atoms with Gasteiger partial charge < -0.3 is 20.4 Å². The van der Waals surface area contributed by atoms with Crippen LogP contribution in [0.2, 0.25) is 0 Å². The number of anilines is 2. The predicted molar refractivity (Wildman–Crippen MR) is 240 cm³/mol. The van der Waals surface area contributed by atoms with E-state index in [1.54, 1.807) is 24.2 Å². The lowest BCUT2D eigenvalue weighted by Crippen LogP contribution is -2.43. The Morgan fingerprint density at radius 3 is 1.60 bits per heavy atom. The zero-order valence-corrected chi connectivity index (χ0v) is 33.4. The van der Waals surface area contributed by atoms with E-state index < -0.39 is 5.67 Å². The maximum absolute atomic E-state index is 14.1. The van der Waals surface area contributed by atoms with Crippen LogP contribution >= 0.6 is 0 Å². The molecule has 2 N–H and O–H groups in total. The third-order valence-corrected chi connectivity index (χ3v) is 12.0. The highest BCUT2D eigenvalue weighted by atomic mass is 19.1. The summed E-state index contributed by atoms with van der Waals surface area (Å²) in [6.45, 7) is 7.77. The lowest BCUT2D eigenvalue weighted by molar-refractivity contribution is 0.0505. The molecule has 0 radical (unpaired) electrons. The molecule has 6 aromatic rings. The monoisotopic (exact) mass is 802 g/mol. The van der Waals surface area contributed by atoms with Gasteiger partial charge in [0, 0.05) is 72.2 Å². The average Bonchev–Trinajstić information content (AvgIpc) is 3.87. The van der Waals surface area contributed by atoms with Crippen LogP contribution < -0.4 is 10.6 Å². The average molecular weight is 803 g/mol. The summed E-state index contributed by atoms with van der Waals surface area (Å²) in [5, 5.41) is 10.7. The lowest BCUT2D eigenvalue weighted by atomic mass is 9.94. The van der Waals surface area contributed by atoms with Crippen LogP contribution in [0, 0.1) is 5.92 Å². The van der Waals surface area contributed by atoms with Crippen LogP contribution in [0.1, 0.15) is 90.2 Å². The molecule has 2 saturated heterocycles. The van der Waals surface area contributed by atoms with Crippen LogP contribution in [0.5, 0.6) is 0 Å². The summed E-state index contributed by atoms with van der Waals surface area (Å²) < 4.78 is 14.1. The molecule has 4 aromatic carbocycles. The molecule has 60 heavy (non-hydrogen) atoms. The van der Waals surface area contributed by atoms with Gasteiger partial charge in [0.2, 0.25) is 0 Å². The minimum Gasteiger partial charge on any atom is -0.339 e. The molecule has 0 unspecified atom stereocenters. The first kappa shape index (κ1) is 40.3. The van der Waals surface area contributed by atoms with Crippen LogP contribution in [0.4, 0.5) is 15.8 Å². The summed E-state index contributed by atoms with van der Waals surface area (Å²) in [7, 11) is 0. The van der Waals surface area contributed by atoms with E-state index in [1.165, 1.54) is 0 Å². The molecule has 306 valence electrons. The first-order valence-corrected chi connectivity index (χ1v) is 20.5. The maximum atomic E-state index is 14.1. The fourth-order valence-electron chi connectivity index (χ4n) is 8.33. The number of alkyl halides is 1. The van der Waals surface area contributed by atoms with Crippen molar-refractivity contribution in [1.82, 2.24) is 19.8 Å². The van der Waals surface area contributed by atoms with Crippen LogP contribution in [-0.4, -0.2) is 75.1 Å². The van der Waals surface area contributed by atoms with Gasteiger partial charge in [-0.3, -0.25) is 29.5 Å². The summed E-state index contributed by atoms with van der Waals surface area (Å²) >= 11 is 0. The summed E-state index contributed by atoms with van der Waals surface area (Å²) in [6, 6.07) is 31.7. The van der Waals surface area contributed by atoms with Crippen molar-refractivity contribution in [2.24, 2.45) is 15.9 Å². The van der Waals surface area contributed by atoms with Gasteiger partial charge in [-0.05, 0) is 109 Å². The van der Waals surface area contributed by atoms with Gasteiger partial charge in [0.15, 0.2) is 11.7 Å². The van der Waals surface area contributed by atoms with E-state index in [9.17, 15) is 14.0 Å². The Kier molecular flexibility index (Phi) is 11.4. The third-order valence-electron chi connectivity index (χ3n) is 12.0. The zero-order chi connectivity index (χ0) is 40.5. The number of hydrogen-bond acceptors (Lipinski definition) is 8. The number of likely N-dealkylation sites (tertiary alicyclic amines) is 2. The van der Waals surface area contributed by atoms with Crippen molar-refractivity contribution < 1.29 is 14.0 Å². The first-order chi connectivity index (χ1) is 28.7. The van der Waals surface area contributed by atoms with Crippen molar-refractivity contribution in [2.75, 3.05) is 36.8 Å². The van der Waals surface area contributed by atoms with Crippen molar-refractivity contribution in [1.29, 1.82) is 0 Å². The highest BCUT2D eigenvalue weighted by Crippen LogP contribution is 2.30. The fraction of sp³-hybridized carbons (Fsp3) is 0.306. The van der Waals surface area contributed by atoms with Crippen LogP contribution in [0.3, 0.4) is 0 Å². The van der Waals surface area contributed by atoms with Gasteiger partial charge in [0.1, 0.15) is 17.1 Å². The molecule has 4 aliphatic rings. The van der Waals surface area contributed by atoms with Crippen molar-refractivity contribution in [3.8, 4) is 0 Å². The second-order valence-corrected chi connectivity index (χ2v) is 16.3. The third kappa shape index (κ3) is 8.34. The highest BCUT2D eigenvalue weighted by Gasteiger charge is 2.32. The van der Waals surface area contributed by atoms with Gasteiger partial charge in [-0.25, -0.2) is 4.39 Å². The number of pyridine rings is 2. The first-order valence-electron chi connectivity index (χ1n) is 20.5. The Morgan fingerprint density at radius 2 is 1.12 bits per heavy atom. The van der Waals surface area contributed by atoms with Crippen LogP contribution in [0.25, 0.3) is 21.5 Å². The zero-order valence-electron chi connectivity index (χ0n) is 33.4. The van der Waals surface area contributed by atoms with E-state index in [0.717, 1.165) is 98.6 Å². The molecule has 0 saturated carbocycles. The molecule has 2 amide bonds. The van der Waals surface area contributed by atoms with Gasteiger partial charge >= 0.3 is 0 Å². The number of carbonyl (C=O) groups is 2. The second kappa shape index (κ2) is 17.0. The van der Waals surface area contributed by atoms with Crippen molar-refractivity contribution in [2.45, 2.75) is 65.7 Å². The number of aliphatic imine (C=N–C) groups is 2. The Balaban J connectivity index is 0.000000164. The number of hydrogen-bond donors (Lipinski definition) is 2. The Bertz CT molecular complexity index is 2640. The highest BCUT2D eigenvalue weighted by molar-refractivity contribution is 6.13. The van der Waals surface area contributed by atoms with E-state index in [2.05, 4.69) is 55.7 Å². The number of aromatic nitrogens is 2. The number of rotatable bonds is 4. The Labute approximate surface area is 350 Å². The summed E-state index contributed by atoms with van der Waals surface area (Å²) in [6.07, 6.45) is 6.50. The van der Waals surface area contributed by atoms with Crippen molar-refractivity contribution in [3.63, 3.8) is 0 Å². The Morgan fingerprint density at radius 1 is 0.650 bits per heavy atom. The minimum absolute atomic E-state index is 0. The van der Waals surface area contributed by atoms with Gasteiger partial charge in [0.05, 0.1) is 13.1 Å². The molecular weight excluding hydrogens is 752 g/mol. The normalized spacial score (nSPS) is 16.8. The molecule has 2 fully saturated rings. The molecule has 0 bridgehead atoms. The van der Waals surface area contributed by atoms with Gasteiger partial charge in [0.25, 0.3) is 11.8 Å². The van der Waals surface area contributed by atoms with E-state index in [1.807, 2.05) is 83.8 Å². The topological polar surface area (TPSA) is 115 Å². The van der Waals surface area contributed by atoms with Crippen LogP contribution in [-0.2, 0) is 13.1 Å². The largest absolute Gasteiger partial charge is 0.339 e. The maximum Gasteiger partial charge on any atom is 0.254 e. The summed E-state index contributed by atoms with van der Waals surface area (Å²) in [4.78, 5) is 48.0. The molecule has 0 spiro atoms. The molecule has 6 heterocycles. The smallest absolute Gasteiger partial charge is 0.254 e. The molecule has 0 aliphatic carbocycles. The molecule has 2 aromatic heterocycles. The standard InChI is InChI=1S/C24H23FN4O.C24H24N4O.CH4/c1-24(25)9-12-29(13-10-24)23(30)20-6-2-4-16-14-18(7-8-19(16)20)28-22-21-17(15-27-22)5-3-11-26-21;1-16-9-12-28(13-10-16)24(29)21-6-2-4-17-14-19(7-8-20(17)21)27-23-22-18(15-26-23)5-3-11-25-22;/h2-8,11,14H,9-10,12-13,15H2,1H3,(H,27,28);2-8,11,14,16H,9-10,12-13,15H2,1H3,(H,26,27);1H4. The number of fused-ring (bicyclic) bond motifs is 4. The quantitative estimate of drug-likeness (QED) is 0.184. The van der Waals surface area contributed by atoms with E-state index >= 15 is 0 Å². The molecule has 4 aliphatic heterocycles. The minimum atomic E-state index is -1.17. The number of carbonyl (C=O) groups excluding carboxylic acids is 2. The number of amidine groups is 2. The number of piperidine rings is 2. The SMILES string of the molecule is C.CC1(F)CCN(C(=O)c2cccc3cc(NC4=NCc5cccnc54)ccc23)CC1.CC1CCN(C(=O)c2cccc3cc(NC4=NCc5cccnc54)ccc23)CC1. The van der Waals surface area contributed by atoms with Gasteiger partial charge in [-0.1, -0.05) is 62.9 Å². The van der Waals surface area contributed by atoms with E-state index in [4.69, 9.17) is 0 Å². The molecular formula is C49H51FN8O2. The molecule has 10 nitrogen and oxygen atoms in total. The van der Waals surface area contributed by atoms with E-state index in [0.29, 0.717) is 50.5 Å². The number of nitrogens with zero attached hydrogens (tertiary/aromatic N) is 6. The second-order valence-electron chi connectivity index (χ2n) is 16.3. The molecule has 11 heteroatoms. The molecule has 10 rings (SSSR count). The number of nitrogens with one attached hydrogen (secondary N) is 2. The van der Waals surface area contributed by atoms with Crippen molar-refractivity contribution >= 4 is 56.4 Å². The number of benzene rings is 4. The lowest BCUT2D eigenvalue weighted by Gasteiger charge is -2.34. The van der Waals surface area contributed by atoms with Crippen molar-refractivity contribution in [3.05, 3.63) is 143 Å². The summed E-state index contributed by atoms with van der Waals surface area (Å²) in [5.41, 5.74) is 6.16. The van der Waals surface area contributed by atoms with Gasteiger partial charge in [-0.2, -0.15) is 0 Å². The van der Waals surface area contributed by atoms with E-state index in [-0.39, 0.29) is 19.2 Å². The fourth-order valence-corrected chi connectivity index (χ4v) is 8.33. The number of halogens is 1. The number of amides is 2. The predicted octanol–water partition coefficient (Wildman–Crippen LogP) is 9.69. The molecule has 0 atom stereocenters. The summed E-state index contributed by atoms with van der Waals surface area (Å²) in [5.74, 6) is 2.38.